The molecular formula is C12H14Cl3NO2S. The molecule has 1 N–H and O–H groups in total. The van der Waals surface area contributed by atoms with Crippen LogP contribution >= 0.6 is 34.8 Å². The third-order valence-electron chi connectivity index (χ3n) is 3.16. The normalized spacial score (nSPS) is 24.4. The maximum atomic E-state index is 12.3. The van der Waals surface area contributed by atoms with Crippen LogP contribution in [0.1, 0.15) is 25.7 Å². The molecular weight excluding hydrogens is 329 g/mol. The summed E-state index contributed by atoms with van der Waals surface area (Å²) >= 11 is 17.7. The van der Waals surface area contributed by atoms with E-state index in [0.717, 1.165) is 25.7 Å². The van der Waals surface area contributed by atoms with Crippen molar-refractivity contribution in [3.05, 3.63) is 28.2 Å². The van der Waals surface area contributed by atoms with E-state index in [1.165, 1.54) is 12.1 Å². The van der Waals surface area contributed by atoms with Gasteiger partial charge in [0.1, 0.15) is 4.90 Å². The van der Waals surface area contributed by atoms with Crippen LogP contribution in [-0.4, -0.2) is 19.8 Å². The molecule has 0 aromatic heterocycles. The standard InChI is InChI=1S/C12H14Cl3NO2S/c13-8-1-4-10(5-2-8)16-19(17,18)12-7-9(14)3-6-11(12)15/h3,6-8,10,16H,1-2,4-5H2. The van der Waals surface area contributed by atoms with Crippen LogP contribution in [0.5, 0.6) is 0 Å². The van der Waals surface area contributed by atoms with Crippen molar-refractivity contribution in [2.24, 2.45) is 0 Å². The average molecular weight is 343 g/mol. The highest BCUT2D eigenvalue weighted by Gasteiger charge is 2.26. The average Bonchev–Trinajstić information content (AvgIpc) is 2.35. The van der Waals surface area contributed by atoms with E-state index in [9.17, 15) is 8.42 Å². The van der Waals surface area contributed by atoms with Crippen molar-refractivity contribution < 1.29 is 8.42 Å². The number of hydrogen-bond donors (Lipinski definition) is 1. The van der Waals surface area contributed by atoms with Crippen LogP contribution in [0.3, 0.4) is 0 Å². The monoisotopic (exact) mass is 341 g/mol. The quantitative estimate of drug-likeness (QED) is 0.849. The molecule has 0 bridgehead atoms. The lowest BCUT2D eigenvalue weighted by molar-refractivity contribution is 0.416. The van der Waals surface area contributed by atoms with Crippen molar-refractivity contribution in [3.8, 4) is 0 Å². The summed E-state index contributed by atoms with van der Waals surface area (Å²) in [6.07, 6.45) is 3.12. The van der Waals surface area contributed by atoms with E-state index in [-0.39, 0.29) is 21.3 Å². The van der Waals surface area contributed by atoms with Crippen LogP contribution in [0.25, 0.3) is 0 Å². The van der Waals surface area contributed by atoms with Crippen molar-refractivity contribution in [1.82, 2.24) is 4.72 Å². The molecule has 3 nitrogen and oxygen atoms in total. The third kappa shape index (κ3) is 3.99. The zero-order chi connectivity index (χ0) is 14.0. The minimum atomic E-state index is -3.64. The molecule has 106 valence electrons. The summed E-state index contributed by atoms with van der Waals surface area (Å²) in [7, 11) is -3.64. The van der Waals surface area contributed by atoms with Crippen LogP contribution in [0.15, 0.2) is 23.1 Å². The molecule has 0 spiro atoms. The summed E-state index contributed by atoms with van der Waals surface area (Å²) < 4.78 is 27.2. The van der Waals surface area contributed by atoms with Gasteiger partial charge >= 0.3 is 0 Å². The molecule has 0 aliphatic heterocycles. The molecule has 7 heteroatoms. The first-order chi connectivity index (χ1) is 8.88. The zero-order valence-corrected chi connectivity index (χ0v) is 13.2. The molecule has 0 unspecified atom stereocenters. The molecule has 1 saturated carbocycles. The van der Waals surface area contributed by atoms with Gasteiger partial charge in [0.2, 0.25) is 10.0 Å². The minimum Gasteiger partial charge on any atom is -0.208 e. The summed E-state index contributed by atoms with van der Waals surface area (Å²) in [6, 6.07) is 4.31. The molecule has 2 rings (SSSR count). The highest BCUT2D eigenvalue weighted by molar-refractivity contribution is 7.89. The van der Waals surface area contributed by atoms with Crippen molar-refractivity contribution in [3.63, 3.8) is 0 Å². The first kappa shape index (κ1) is 15.4. The van der Waals surface area contributed by atoms with Gasteiger partial charge in [0.05, 0.1) is 5.02 Å². The SMILES string of the molecule is O=S(=O)(NC1CCC(Cl)CC1)c1cc(Cl)ccc1Cl. The maximum absolute atomic E-state index is 12.3. The highest BCUT2D eigenvalue weighted by Crippen LogP contribution is 2.27. The topological polar surface area (TPSA) is 46.2 Å². The van der Waals surface area contributed by atoms with Gasteiger partial charge in [-0.1, -0.05) is 23.2 Å². The predicted octanol–water partition coefficient (Wildman–Crippen LogP) is 3.82. The van der Waals surface area contributed by atoms with Gasteiger partial charge in [-0.15, -0.1) is 11.6 Å². The summed E-state index contributed by atoms with van der Waals surface area (Å²) in [5, 5.41) is 0.660. The Kier molecular flexibility index (Phi) is 5.01. The third-order valence-corrected chi connectivity index (χ3v) is 5.83. The van der Waals surface area contributed by atoms with Crippen molar-refractivity contribution in [2.75, 3.05) is 0 Å². The van der Waals surface area contributed by atoms with Gasteiger partial charge in [-0.05, 0) is 43.9 Å². The Morgan fingerprint density at radius 1 is 1.11 bits per heavy atom. The summed E-state index contributed by atoms with van der Waals surface area (Å²) in [5.41, 5.74) is 0. The fourth-order valence-electron chi connectivity index (χ4n) is 2.14. The smallest absolute Gasteiger partial charge is 0.208 e. The number of halogens is 3. The van der Waals surface area contributed by atoms with Gasteiger partial charge in [0.15, 0.2) is 0 Å². The Morgan fingerprint density at radius 3 is 2.37 bits per heavy atom. The van der Waals surface area contributed by atoms with Crippen LogP contribution < -0.4 is 4.72 Å². The Morgan fingerprint density at radius 2 is 1.74 bits per heavy atom. The van der Waals surface area contributed by atoms with Crippen LogP contribution in [0, 0.1) is 0 Å². The van der Waals surface area contributed by atoms with E-state index in [1.807, 2.05) is 0 Å². The number of sulfonamides is 1. The van der Waals surface area contributed by atoms with E-state index in [1.54, 1.807) is 6.07 Å². The lowest BCUT2D eigenvalue weighted by Crippen LogP contribution is -2.37. The molecule has 0 atom stereocenters. The second-order valence-corrected chi connectivity index (χ2v) is 7.79. The Balaban J connectivity index is 2.16. The summed E-state index contributed by atoms with van der Waals surface area (Å²) in [6.45, 7) is 0. The van der Waals surface area contributed by atoms with E-state index < -0.39 is 10.0 Å². The number of hydrogen-bond acceptors (Lipinski definition) is 2. The minimum absolute atomic E-state index is 0.0228. The molecule has 1 aromatic rings. The molecule has 0 saturated heterocycles. The molecule has 0 radical (unpaired) electrons. The zero-order valence-electron chi connectivity index (χ0n) is 10.1. The van der Waals surface area contributed by atoms with E-state index in [0.29, 0.717) is 5.02 Å². The van der Waals surface area contributed by atoms with Crippen molar-refractivity contribution >= 4 is 44.8 Å². The molecule has 0 heterocycles. The second kappa shape index (κ2) is 6.19. The van der Waals surface area contributed by atoms with Crippen molar-refractivity contribution in [1.29, 1.82) is 0 Å². The van der Waals surface area contributed by atoms with Gasteiger partial charge < -0.3 is 0 Å². The van der Waals surface area contributed by atoms with E-state index >= 15 is 0 Å². The molecule has 1 aliphatic carbocycles. The summed E-state index contributed by atoms with van der Waals surface area (Å²) in [5.74, 6) is 0. The molecule has 1 aromatic carbocycles. The van der Waals surface area contributed by atoms with E-state index in [4.69, 9.17) is 34.8 Å². The number of alkyl halides is 1. The summed E-state index contributed by atoms with van der Waals surface area (Å²) in [4.78, 5) is 0.0228. The van der Waals surface area contributed by atoms with E-state index in [2.05, 4.69) is 4.72 Å². The first-order valence-electron chi connectivity index (χ1n) is 6.00. The van der Waals surface area contributed by atoms with Gasteiger partial charge in [-0.25, -0.2) is 13.1 Å². The Hall–Kier alpha value is -0.000000000000000167. The fraction of sp³-hybridized carbons (Fsp3) is 0.500. The molecule has 19 heavy (non-hydrogen) atoms. The molecule has 1 fully saturated rings. The second-order valence-electron chi connectivity index (χ2n) is 4.64. The van der Waals surface area contributed by atoms with Gasteiger partial charge in [0, 0.05) is 16.4 Å². The van der Waals surface area contributed by atoms with Crippen LogP contribution in [0.4, 0.5) is 0 Å². The van der Waals surface area contributed by atoms with Crippen molar-refractivity contribution in [2.45, 2.75) is 42.0 Å². The molecule has 1 aliphatic rings. The Bertz CT molecular complexity index is 554. The van der Waals surface area contributed by atoms with Crippen LogP contribution in [-0.2, 0) is 10.0 Å². The fourth-order valence-corrected chi connectivity index (χ4v) is 4.46. The lowest BCUT2D eigenvalue weighted by atomic mass is 9.96. The van der Waals surface area contributed by atoms with Gasteiger partial charge in [-0.2, -0.15) is 0 Å². The lowest BCUT2D eigenvalue weighted by Gasteiger charge is -2.25. The number of rotatable bonds is 3. The van der Waals surface area contributed by atoms with Crippen LogP contribution in [0.2, 0.25) is 10.0 Å². The van der Waals surface area contributed by atoms with Gasteiger partial charge in [-0.3, -0.25) is 0 Å². The largest absolute Gasteiger partial charge is 0.242 e. The molecule has 0 amide bonds. The Labute approximate surface area is 128 Å². The maximum Gasteiger partial charge on any atom is 0.242 e. The van der Waals surface area contributed by atoms with Gasteiger partial charge in [0.25, 0.3) is 0 Å². The highest BCUT2D eigenvalue weighted by atomic mass is 35.5. The number of nitrogens with one attached hydrogen (secondary N) is 1. The first-order valence-corrected chi connectivity index (χ1v) is 8.67. The predicted molar refractivity (Wildman–Crippen MR) is 78.7 cm³/mol. The number of benzene rings is 1.